The molecule has 1 amide bonds. The molecule has 0 atom stereocenters. The summed E-state index contributed by atoms with van der Waals surface area (Å²) in [7, 11) is -0.102. The zero-order chi connectivity index (χ0) is 27.7. The molecule has 0 bridgehead atoms. The normalized spacial score (nSPS) is 14.6. The van der Waals surface area contributed by atoms with E-state index in [-0.39, 0.29) is 22.5 Å². The maximum absolute atomic E-state index is 13.4. The maximum Gasteiger partial charge on any atom is 0.280 e. The van der Waals surface area contributed by atoms with E-state index in [1.165, 1.54) is 30.6 Å². The van der Waals surface area contributed by atoms with Gasteiger partial charge in [0.1, 0.15) is 23.1 Å². The van der Waals surface area contributed by atoms with E-state index < -0.39 is 15.7 Å². The lowest BCUT2D eigenvalue weighted by Crippen LogP contribution is -2.25. The predicted molar refractivity (Wildman–Crippen MR) is 150 cm³/mol. The van der Waals surface area contributed by atoms with Crippen molar-refractivity contribution in [2.24, 2.45) is 5.16 Å². The number of carbonyl (C=O) groups is 1. The number of rotatable bonds is 14. The van der Waals surface area contributed by atoms with Gasteiger partial charge >= 0.3 is 0 Å². The van der Waals surface area contributed by atoms with Crippen LogP contribution in [0.5, 0.6) is 5.88 Å². The number of methoxy groups -OCH3 is 1. The van der Waals surface area contributed by atoms with E-state index >= 15 is 0 Å². The minimum absolute atomic E-state index is 0.0275. The fourth-order valence-corrected chi connectivity index (χ4v) is 6.13. The van der Waals surface area contributed by atoms with Crippen LogP contribution in [0, 0.1) is 0 Å². The zero-order valence-electron chi connectivity index (χ0n) is 22.0. The molecule has 0 spiro atoms. The molecule has 0 unspecified atom stereocenters. The molecule has 1 aliphatic rings. The summed E-state index contributed by atoms with van der Waals surface area (Å²) < 4.78 is 35.8. The van der Waals surface area contributed by atoms with Gasteiger partial charge in [0.2, 0.25) is 5.88 Å². The molecule has 39 heavy (non-hydrogen) atoms. The van der Waals surface area contributed by atoms with Crippen LogP contribution in [0.25, 0.3) is 10.3 Å². The highest BCUT2D eigenvalue weighted by molar-refractivity contribution is 7.91. The summed E-state index contributed by atoms with van der Waals surface area (Å²) >= 11 is 1.22. The molecule has 0 saturated heterocycles. The van der Waals surface area contributed by atoms with Crippen LogP contribution in [0.3, 0.4) is 0 Å². The van der Waals surface area contributed by atoms with Gasteiger partial charge in [0.25, 0.3) is 5.91 Å². The molecule has 0 radical (unpaired) electrons. The third-order valence-electron chi connectivity index (χ3n) is 6.11. The zero-order valence-corrected chi connectivity index (χ0v) is 23.6. The number of oxime groups is 1. The van der Waals surface area contributed by atoms with Gasteiger partial charge in [0.05, 0.1) is 10.6 Å². The number of nitrogens with zero attached hydrogens (tertiary/aromatic N) is 3. The van der Waals surface area contributed by atoms with Gasteiger partial charge < -0.3 is 19.6 Å². The molecule has 2 N–H and O–H groups in total. The summed E-state index contributed by atoms with van der Waals surface area (Å²) in [6.07, 6.45) is 4.19. The van der Waals surface area contributed by atoms with Crippen LogP contribution < -0.4 is 15.4 Å². The number of aromatic nitrogens is 2. The van der Waals surface area contributed by atoms with Crippen molar-refractivity contribution in [2.75, 3.05) is 45.0 Å². The van der Waals surface area contributed by atoms with E-state index in [1.54, 1.807) is 24.3 Å². The van der Waals surface area contributed by atoms with Gasteiger partial charge in [-0.25, -0.2) is 18.4 Å². The number of likely N-dealkylation sites (N-methyl/N-ethyl adjacent to an activating group) is 1. The summed E-state index contributed by atoms with van der Waals surface area (Å²) in [4.78, 5) is 28.8. The number of thiazole rings is 1. The quantitative estimate of drug-likeness (QED) is 0.168. The fraction of sp³-hybridized carbons (Fsp3) is 0.462. The number of anilines is 1. The monoisotopic (exact) mass is 575 g/mol. The van der Waals surface area contributed by atoms with E-state index in [9.17, 15) is 13.2 Å². The Morgan fingerprint density at radius 2 is 1.87 bits per heavy atom. The number of hydrogen-bond donors (Lipinski definition) is 2. The Morgan fingerprint density at radius 1 is 1.10 bits per heavy atom. The second-order valence-corrected chi connectivity index (χ2v) is 12.1. The first kappa shape index (κ1) is 28.9. The summed E-state index contributed by atoms with van der Waals surface area (Å²) in [6, 6.07) is 9.60. The lowest BCUT2D eigenvalue weighted by atomic mass is 10.1. The average Bonchev–Trinajstić information content (AvgIpc) is 3.59. The number of ether oxygens (including phenoxy) is 2. The van der Waals surface area contributed by atoms with Gasteiger partial charge in [-0.3, -0.25) is 10.1 Å². The lowest BCUT2D eigenvalue weighted by Gasteiger charge is -2.11. The number of pyridine rings is 1. The Morgan fingerprint density at radius 3 is 2.59 bits per heavy atom. The molecule has 1 aromatic carbocycles. The molecular weight excluding hydrogens is 542 g/mol. The van der Waals surface area contributed by atoms with Crippen molar-refractivity contribution in [3.05, 3.63) is 42.0 Å². The number of benzene rings is 1. The average molecular weight is 576 g/mol. The Hall–Kier alpha value is -3.13. The minimum atomic E-state index is -3.48. The van der Waals surface area contributed by atoms with Crippen molar-refractivity contribution in [2.45, 2.75) is 43.1 Å². The molecule has 210 valence electrons. The van der Waals surface area contributed by atoms with Gasteiger partial charge in [-0.15, -0.1) is 0 Å². The van der Waals surface area contributed by atoms with Crippen LogP contribution in [-0.2, 0) is 24.2 Å². The predicted octanol–water partition coefficient (Wildman–Crippen LogP) is 3.40. The van der Waals surface area contributed by atoms with E-state index in [4.69, 9.17) is 14.3 Å². The lowest BCUT2D eigenvalue weighted by molar-refractivity contribution is -0.110. The third-order valence-corrected chi connectivity index (χ3v) is 8.81. The second-order valence-electron chi connectivity index (χ2n) is 9.04. The Labute approximate surface area is 231 Å². The topological polar surface area (TPSA) is 141 Å². The van der Waals surface area contributed by atoms with Gasteiger partial charge in [-0.1, -0.05) is 28.6 Å². The Bertz CT molecular complexity index is 1390. The summed E-state index contributed by atoms with van der Waals surface area (Å²) in [5.41, 5.74) is 1.09. The van der Waals surface area contributed by atoms with Gasteiger partial charge in [0, 0.05) is 31.9 Å². The Balaban J connectivity index is 1.53. The van der Waals surface area contributed by atoms with Crippen LogP contribution in [0.2, 0.25) is 0 Å². The first-order chi connectivity index (χ1) is 18.9. The second kappa shape index (κ2) is 13.8. The van der Waals surface area contributed by atoms with Crippen molar-refractivity contribution in [3.63, 3.8) is 0 Å². The van der Waals surface area contributed by atoms with Crippen LogP contribution in [-0.4, -0.2) is 75.8 Å². The summed E-state index contributed by atoms with van der Waals surface area (Å²) in [5.74, 6) is -0.0719. The number of amides is 1. The molecule has 1 fully saturated rings. The van der Waals surface area contributed by atoms with E-state index in [0.29, 0.717) is 53.1 Å². The van der Waals surface area contributed by atoms with E-state index in [0.717, 1.165) is 25.7 Å². The molecule has 0 aliphatic heterocycles. The number of fused-ring (bicyclic) bond motifs is 1. The van der Waals surface area contributed by atoms with Crippen LogP contribution in [0.1, 0.15) is 37.7 Å². The van der Waals surface area contributed by atoms with Gasteiger partial charge in [-0.2, -0.15) is 0 Å². The summed E-state index contributed by atoms with van der Waals surface area (Å²) in [5, 5.41) is 10.4. The number of nitrogens with one attached hydrogen (secondary N) is 2. The van der Waals surface area contributed by atoms with E-state index in [2.05, 4.69) is 25.8 Å². The highest BCUT2D eigenvalue weighted by atomic mass is 32.2. The standard InChI is InChI=1S/C26H33N5O6S2/c1-27-14-16-36-22-13-12-21-25(29-22)38-26(28-21)30-24(32)23(31-37-19-6-3-4-7-19)18-8-10-20(11-9-18)39(33,34)17-5-15-35-2/h8-13,19,27H,3-7,14-17H2,1-2H3,(H,28,30,32)/b31-23+. The number of hydrogen-bond acceptors (Lipinski definition) is 11. The van der Waals surface area contributed by atoms with Crippen molar-refractivity contribution < 1.29 is 27.5 Å². The molecule has 13 heteroatoms. The third kappa shape index (κ3) is 7.94. The molecule has 11 nitrogen and oxygen atoms in total. The molecule has 1 aliphatic carbocycles. The first-order valence-corrected chi connectivity index (χ1v) is 15.3. The first-order valence-electron chi connectivity index (χ1n) is 12.8. The number of carbonyl (C=O) groups excluding carboxylic acids is 1. The maximum atomic E-state index is 13.4. The molecular formula is C26H33N5O6S2. The van der Waals surface area contributed by atoms with E-state index in [1.807, 2.05) is 7.05 Å². The van der Waals surface area contributed by atoms with Crippen molar-refractivity contribution in [1.29, 1.82) is 0 Å². The van der Waals surface area contributed by atoms with Crippen LogP contribution >= 0.6 is 11.3 Å². The molecule has 1 saturated carbocycles. The Kier molecular flexibility index (Phi) is 10.2. The minimum Gasteiger partial charge on any atom is -0.476 e. The molecule has 4 rings (SSSR count). The highest BCUT2D eigenvalue weighted by Gasteiger charge is 2.22. The van der Waals surface area contributed by atoms with Crippen LogP contribution in [0.4, 0.5) is 5.13 Å². The largest absolute Gasteiger partial charge is 0.476 e. The molecule has 3 aromatic rings. The smallest absolute Gasteiger partial charge is 0.280 e. The molecule has 2 heterocycles. The summed E-state index contributed by atoms with van der Waals surface area (Å²) in [6.45, 7) is 1.53. The van der Waals surface area contributed by atoms with Crippen molar-refractivity contribution in [1.82, 2.24) is 15.3 Å². The van der Waals surface area contributed by atoms with Crippen LogP contribution in [0.15, 0.2) is 46.4 Å². The van der Waals surface area contributed by atoms with Gasteiger partial charge in [-0.05, 0) is 57.4 Å². The number of sulfone groups is 1. The highest BCUT2D eigenvalue weighted by Crippen LogP contribution is 2.27. The van der Waals surface area contributed by atoms with Gasteiger partial charge in [0.15, 0.2) is 20.7 Å². The SMILES string of the molecule is CNCCOc1ccc2nc(NC(=O)/C(=N/OC3CCCC3)c3ccc(S(=O)(=O)CCCOC)cc3)sc2n1. The van der Waals surface area contributed by atoms with Crippen molar-refractivity contribution >= 4 is 48.3 Å². The molecule has 2 aromatic heterocycles. The fourth-order valence-electron chi connectivity index (χ4n) is 4.03. The van der Waals surface area contributed by atoms with Crippen molar-refractivity contribution in [3.8, 4) is 5.88 Å².